The van der Waals surface area contributed by atoms with Crippen molar-refractivity contribution in [2.75, 3.05) is 19.8 Å². The lowest BCUT2D eigenvalue weighted by molar-refractivity contribution is -0.161. The summed E-state index contributed by atoms with van der Waals surface area (Å²) in [5.74, 6) is -2.37. The van der Waals surface area contributed by atoms with Gasteiger partial charge in [0.1, 0.15) is 12.6 Å². The minimum atomic E-state index is -4.71. The van der Waals surface area contributed by atoms with Crippen LogP contribution in [-0.4, -0.2) is 59.9 Å². The van der Waals surface area contributed by atoms with Crippen molar-refractivity contribution in [2.24, 2.45) is 5.73 Å². The first-order chi connectivity index (χ1) is 26.6. The smallest absolute Gasteiger partial charge is 0.472 e. The van der Waals surface area contributed by atoms with Crippen LogP contribution in [0.2, 0.25) is 0 Å². The van der Waals surface area contributed by atoms with Crippen molar-refractivity contribution in [1.29, 1.82) is 0 Å². The number of unbranched alkanes of at least 4 members (excludes halogenated alkanes) is 26. The molecule has 0 aliphatic heterocycles. The third-order valence-electron chi connectivity index (χ3n) is 9.76. The number of esters is 2. The Balaban J connectivity index is 4.33. The molecule has 0 saturated carbocycles. The standard InChI is InChI=1S/C43H82NO10P/c1-3-5-7-9-11-13-15-17-19-20-21-23-25-27-29-31-33-35-42(46)54-39(37-52-55(49,50)53-38-40(44)43(47)48)36-51-41(45)34-32-30-28-26-24-22-18-16-14-12-10-8-6-4-2/h17,19,39-40H,3-16,18,20-38,44H2,1-2H3,(H,47,48)(H,49,50)/b19-17-. The van der Waals surface area contributed by atoms with E-state index in [2.05, 4.69) is 30.5 Å². The molecule has 0 aliphatic carbocycles. The average molecular weight is 804 g/mol. The summed E-state index contributed by atoms with van der Waals surface area (Å²) < 4.78 is 32.7. The Hall–Kier alpha value is -1.78. The van der Waals surface area contributed by atoms with Crippen molar-refractivity contribution in [2.45, 2.75) is 225 Å². The average Bonchev–Trinajstić information content (AvgIpc) is 3.16. The van der Waals surface area contributed by atoms with Crippen molar-refractivity contribution in [3.05, 3.63) is 12.2 Å². The zero-order chi connectivity index (χ0) is 40.7. The molecule has 3 atom stereocenters. The first kappa shape index (κ1) is 53.2. The number of carboxylic acid groups (broad SMARTS) is 1. The maximum atomic E-state index is 12.6. The van der Waals surface area contributed by atoms with Gasteiger partial charge in [-0.15, -0.1) is 0 Å². The molecule has 0 saturated heterocycles. The Kier molecular flexibility index (Phi) is 37.8. The van der Waals surface area contributed by atoms with E-state index in [4.69, 9.17) is 24.8 Å². The van der Waals surface area contributed by atoms with Gasteiger partial charge in [0.15, 0.2) is 6.10 Å². The van der Waals surface area contributed by atoms with Gasteiger partial charge >= 0.3 is 25.7 Å². The molecule has 0 spiro atoms. The maximum Gasteiger partial charge on any atom is 0.472 e. The number of carbonyl (C=O) groups excluding carboxylic acids is 2. The number of carboxylic acids is 1. The van der Waals surface area contributed by atoms with Gasteiger partial charge in [-0.1, -0.05) is 174 Å². The van der Waals surface area contributed by atoms with Crippen molar-refractivity contribution < 1.29 is 47.5 Å². The molecular weight excluding hydrogens is 721 g/mol. The third-order valence-corrected chi connectivity index (χ3v) is 10.7. The van der Waals surface area contributed by atoms with Crippen LogP contribution >= 0.6 is 7.82 Å². The van der Waals surface area contributed by atoms with Crippen molar-refractivity contribution in [3.63, 3.8) is 0 Å². The predicted octanol–water partition coefficient (Wildman–Crippen LogP) is 11.7. The van der Waals surface area contributed by atoms with Crippen LogP contribution in [0, 0.1) is 0 Å². The highest BCUT2D eigenvalue weighted by atomic mass is 31.2. The minimum absolute atomic E-state index is 0.160. The highest BCUT2D eigenvalue weighted by Gasteiger charge is 2.28. The second-order valence-electron chi connectivity index (χ2n) is 15.2. The monoisotopic (exact) mass is 804 g/mol. The van der Waals surface area contributed by atoms with Crippen LogP contribution in [0.3, 0.4) is 0 Å². The number of hydrogen-bond acceptors (Lipinski definition) is 9. The molecule has 3 unspecified atom stereocenters. The summed E-state index contributed by atoms with van der Waals surface area (Å²) in [7, 11) is -4.71. The fourth-order valence-corrected chi connectivity index (χ4v) is 7.02. The molecule has 0 amide bonds. The Morgan fingerprint density at radius 1 is 0.545 bits per heavy atom. The summed E-state index contributed by atoms with van der Waals surface area (Å²) in [4.78, 5) is 45.9. The molecule has 0 aromatic heterocycles. The van der Waals surface area contributed by atoms with Gasteiger partial charge < -0.3 is 25.2 Å². The lowest BCUT2D eigenvalue weighted by atomic mass is 10.0. The van der Waals surface area contributed by atoms with E-state index in [1.165, 1.54) is 128 Å². The second-order valence-corrected chi connectivity index (χ2v) is 16.6. The second kappa shape index (κ2) is 39.1. The lowest BCUT2D eigenvalue weighted by Crippen LogP contribution is -2.34. The highest BCUT2D eigenvalue weighted by Crippen LogP contribution is 2.43. The third kappa shape index (κ3) is 38.9. The number of aliphatic carboxylic acids is 1. The number of carbonyl (C=O) groups is 3. The molecule has 324 valence electrons. The summed E-state index contributed by atoms with van der Waals surface area (Å²) in [5, 5.41) is 8.89. The SMILES string of the molecule is CCCCCCCC/C=C\CCCCCCCCCC(=O)OC(COC(=O)CCCCCCCCCCCCCCCC)COP(=O)(O)OCC(N)C(=O)O. The molecule has 4 N–H and O–H groups in total. The van der Waals surface area contributed by atoms with Gasteiger partial charge in [0.25, 0.3) is 0 Å². The van der Waals surface area contributed by atoms with Crippen LogP contribution in [0.15, 0.2) is 12.2 Å². The van der Waals surface area contributed by atoms with E-state index in [1.54, 1.807) is 0 Å². The highest BCUT2D eigenvalue weighted by molar-refractivity contribution is 7.47. The quantitative estimate of drug-likeness (QED) is 0.0232. The molecule has 11 nitrogen and oxygen atoms in total. The molecule has 0 radical (unpaired) electrons. The number of nitrogens with two attached hydrogens (primary N) is 1. The summed E-state index contributed by atoms with van der Waals surface area (Å²) in [5.41, 5.74) is 5.33. The minimum Gasteiger partial charge on any atom is -0.480 e. The molecule has 0 aromatic rings. The van der Waals surface area contributed by atoms with E-state index in [1.807, 2.05) is 0 Å². The Labute approximate surface area is 335 Å². The lowest BCUT2D eigenvalue weighted by Gasteiger charge is -2.20. The van der Waals surface area contributed by atoms with E-state index in [0.717, 1.165) is 44.9 Å². The van der Waals surface area contributed by atoms with E-state index in [9.17, 15) is 23.8 Å². The number of phosphoric ester groups is 1. The van der Waals surface area contributed by atoms with Gasteiger partial charge in [0.05, 0.1) is 13.2 Å². The molecular formula is C43H82NO10P. The van der Waals surface area contributed by atoms with Gasteiger partial charge in [-0.05, 0) is 38.5 Å². The van der Waals surface area contributed by atoms with Crippen molar-refractivity contribution >= 4 is 25.7 Å². The van der Waals surface area contributed by atoms with Gasteiger partial charge in [-0.2, -0.15) is 0 Å². The fourth-order valence-electron chi connectivity index (χ4n) is 6.24. The first-order valence-electron chi connectivity index (χ1n) is 22.2. The van der Waals surface area contributed by atoms with Crippen LogP contribution in [0.1, 0.15) is 213 Å². The number of hydrogen-bond donors (Lipinski definition) is 3. The molecule has 0 rings (SSSR count). The predicted molar refractivity (Wildman–Crippen MR) is 222 cm³/mol. The Morgan fingerprint density at radius 3 is 1.33 bits per heavy atom. The zero-order valence-corrected chi connectivity index (χ0v) is 35.9. The van der Waals surface area contributed by atoms with Gasteiger partial charge in [-0.25, -0.2) is 4.57 Å². The summed E-state index contributed by atoms with van der Waals surface area (Å²) in [6.07, 6.45) is 38.4. The van der Waals surface area contributed by atoms with Crippen molar-refractivity contribution in [3.8, 4) is 0 Å². The molecule has 0 bridgehead atoms. The molecule has 0 aliphatic rings. The van der Waals surface area contributed by atoms with Gasteiger partial charge in [0, 0.05) is 12.8 Å². The normalized spacial score (nSPS) is 13.8. The van der Waals surface area contributed by atoms with Crippen molar-refractivity contribution in [1.82, 2.24) is 0 Å². The number of allylic oxidation sites excluding steroid dienone is 2. The largest absolute Gasteiger partial charge is 0.480 e. The molecule has 0 heterocycles. The van der Waals surface area contributed by atoms with Crippen LogP contribution in [0.25, 0.3) is 0 Å². The number of ether oxygens (including phenoxy) is 2. The summed E-state index contributed by atoms with van der Waals surface area (Å²) in [6.45, 7) is 2.82. The van der Waals surface area contributed by atoms with E-state index < -0.39 is 51.1 Å². The number of rotatable bonds is 42. The Bertz CT molecular complexity index is 995. The summed E-state index contributed by atoms with van der Waals surface area (Å²) >= 11 is 0. The fraction of sp³-hybridized carbons (Fsp3) is 0.884. The van der Waals surface area contributed by atoms with Crippen LogP contribution in [-0.2, 0) is 37.5 Å². The van der Waals surface area contributed by atoms with E-state index >= 15 is 0 Å². The van der Waals surface area contributed by atoms with E-state index in [0.29, 0.717) is 12.8 Å². The topological polar surface area (TPSA) is 172 Å². The summed E-state index contributed by atoms with van der Waals surface area (Å²) in [6, 6.07) is -1.52. The Morgan fingerprint density at radius 2 is 0.909 bits per heavy atom. The van der Waals surface area contributed by atoms with Crippen LogP contribution in [0.5, 0.6) is 0 Å². The molecule has 12 heteroatoms. The molecule has 0 fully saturated rings. The van der Waals surface area contributed by atoms with Gasteiger partial charge in [-0.3, -0.25) is 23.4 Å². The van der Waals surface area contributed by atoms with Crippen LogP contribution in [0.4, 0.5) is 0 Å². The van der Waals surface area contributed by atoms with Crippen LogP contribution < -0.4 is 5.73 Å². The van der Waals surface area contributed by atoms with Gasteiger partial charge in [0.2, 0.25) is 0 Å². The number of phosphoric acid groups is 1. The first-order valence-corrected chi connectivity index (χ1v) is 23.7. The zero-order valence-electron chi connectivity index (χ0n) is 35.0. The van der Waals surface area contributed by atoms with E-state index in [-0.39, 0.29) is 19.4 Å². The molecule has 0 aromatic carbocycles. The molecule has 55 heavy (non-hydrogen) atoms. The maximum absolute atomic E-state index is 12.6.